The number of halogens is 1. The Morgan fingerprint density at radius 1 is 1.40 bits per heavy atom. The number of carbonyl (C=O) groups is 1. The Bertz CT molecular complexity index is 476. The van der Waals surface area contributed by atoms with Gasteiger partial charge in [0.2, 0.25) is 0 Å². The molecule has 0 radical (unpaired) electrons. The van der Waals surface area contributed by atoms with E-state index in [0.29, 0.717) is 5.69 Å². The molecule has 5 nitrogen and oxygen atoms in total. The van der Waals surface area contributed by atoms with Gasteiger partial charge in [0.25, 0.3) is 0 Å². The lowest BCUT2D eigenvalue weighted by atomic mass is 10.0. The largest absolute Gasteiger partial charge is 0.478 e. The zero-order chi connectivity index (χ0) is 15.3. The zero-order valence-electron chi connectivity index (χ0n) is 11.8. The van der Waals surface area contributed by atoms with Crippen molar-refractivity contribution in [2.75, 3.05) is 23.8 Å². The Morgan fingerprint density at radius 2 is 2.00 bits per heavy atom. The monoisotopic (exact) mass is 284 g/mol. The van der Waals surface area contributed by atoms with E-state index in [2.05, 4.69) is 0 Å². The van der Waals surface area contributed by atoms with Gasteiger partial charge in [-0.1, -0.05) is 13.8 Å². The number of anilines is 2. The Hall–Kier alpha value is -1.82. The molecule has 0 unspecified atom stereocenters. The minimum atomic E-state index is -1.27. The normalized spacial score (nSPS) is 10.8. The number of nitrogens with zero attached hydrogens (tertiary/aromatic N) is 1. The van der Waals surface area contributed by atoms with Gasteiger partial charge in [-0.05, 0) is 25.0 Å². The fourth-order valence-corrected chi connectivity index (χ4v) is 2.38. The summed E-state index contributed by atoms with van der Waals surface area (Å²) in [6, 6.07) is 2.62. The molecule has 0 atom stereocenters. The third kappa shape index (κ3) is 3.19. The summed E-state index contributed by atoms with van der Waals surface area (Å²) in [5.41, 5.74) is 5.29. The Kier molecular flexibility index (Phi) is 5.76. The molecular weight excluding hydrogens is 263 g/mol. The van der Waals surface area contributed by atoms with Crippen molar-refractivity contribution in [2.24, 2.45) is 0 Å². The molecule has 0 fully saturated rings. The summed E-state index contributed by atoms with van der Waals surface area (Å²) in [5.74, 6) is -2.02. The molecule has 112 valence electrons. The molecule has 1 aromatic carbocycles. The number of nitrogens with two attached hydrogens (primary N) is 1. The van der Waals surface area contributed by atoms with Gasteiger partial charge in [0.05, 0.1) is 18.0 Å². The third-order valence-corrected chi connectivity index (χ3v) is 3.42. The smallest absolute Gasteiger partial charge is 0.340 e. The summed E-state index contributed by atoms with van der Waals surface area (Å²) in [7, 11) is 0. The molecule has 0 aliphatic rings. The molecule has 0 aliphatic carbocycles. The fraction of sp³-hybridized carbons (Fsp3) is 0.500. The summed E-state index contributed by atoms with van der Waals surface area (Å²) in [4.78, 5) is 13.1. The molecule has 4 N–H and O–H groups in total. The first-order valence-corrected chi connectivity index (χ1v) is 6.66. The molecule has 0 aromatic heterocycles. The summed E-state index contributed by atoms with van der Waals surface area (Å²) >= 11 is 0. The highest BCUT2D eigenvalue weighted by atomic mass is 19.1. The minimum absolute atomic E-state index is 0.0603. The second-order valence-corrected chi connectivity index (χ2v) is 4.55. The lowest BCUT2D eigenvalue weighted by Gasteiger charge is -2.33. The predicted octanol–water partition coefficient (Wildman–Crippen LogP) is 2.09. The van der Waals surface area contributed by atoms with E-state index in [4.69, 9.17) is 5.73 Å². The van der Waals surface area contributed by atoms with Crippen molar-refractivity contribution in [3.63, 3.8) is 0 Å². The van der Waals surface area contributed by atoms with E-state index in [1.54, 1.807) is 4.90 Å². The van der Waals surface area contributed by atoms with E-state index in [0.717, 1.165) is 18.9 Å². The van der Waals surface area contributed by atoms with Gasteiger partial charge >= 0.3 is 5.97 Å². The maximum atomic E-state index is 13.5. The third-order valence-electron chi connectivity index (χ3n) is 3.42. The number of nitrogen functional groups attached to an aromatic ring is 1. The van der Waals surface area contributed by atoms with E-state index < -0.39 is 11.8 Å². The molecule has 0 bridgehead atoms. The molecule has 0 saturated carbocycles. The quantitative estimate of drug-likeness (QED) is 0.667. The number of aromatic carboxylic acids is 1. The highest BCUT2D eigenvalue weighted by molar-refractivity contribution is 6.00. The molecule has 0 spiro atoms. The number of aliphatic hydroxyl groups excluding tert-OH is 1. The van der Waals surface area contributed by atoms with Gasteiger partial charge in [-0.3, -0.25) is 0 Å². The topological polar surface area (TPSA) is 86.8 Å². The van der Waals surface area contributed by atoms with Crippen LogP contribution in [0.4, 0.5) is 15.8 Å². The SMILES string of the molecule is CCC(CC)N(CCO)c1ccc(F)c(N)c1C(=O)O. The minimum Gasteiger partial charge on any atom is -0.478 e. The Labute approximate surface area is 117 Å². The molecule has 0 saturated heterocycles. The van der Waals surface area contributed by atoms with Crippen LogP contribution in [0.2, 0.25) is 0 Å². The van der Waals surface area contributed by atoms with E-state index in [-0.39, 0.29) is 30.4 Å². The van der Waals surface area contributed by atoms with Crippen LogP contribution in [0.15, 0.2) is 12.1 Å². The summed E-state index contributed by atoms with van der Waals surface area (Å²) in [6.45, 7) is 4.11. The second-order valence-electron chi connectivity index (χ2n) is 4.55. The molecular formula is C14H21FN2O3. The molecule has 0 amide bonds. The van der Waals surface area contributed by atoms with Crippen molar-refractivity contribution in [2.45, 2.75) is 32.7 Å². The van der Waals surface area contributed by atoms with Gasteiger partial charge in [0.1, 0.15) is 11.4 Å². The molecule has 1 rings (SSSR count). The van der Waals surface area contributed by atoms with Crippen molar-refractivity contribution in [1.29, 1.82) is 0 Å². The van der Waals surface area contributed by atoms with Gasteiger partial charge < -0.3 is 20.8 Å². The van der Waals surface area contributed by atoms with Crippen molar-refractivity contribution in [1.82, 2.24) is 0 Å². The second kappa shape index (κ2) is 7.09. The lowest BCUT2D eigenvalue weighted by Crippen LogP contribution is -2.38. The van der Waals surface area contributed by atoms with Crippen molar-refractivity contribution >= 4 is 17.3 Å². The van der Waals surface area contributed by atoms with Crippen molar-refractivity contribution < 1.29 is 19.4 Å². The van der Waals surface area contributed by atoms with Crippen LogP contribution in [0, 0.1) is 5.82 Å². The highest BCUT2D eigenvalue weighted by Gasteiger charge is 2.24. The zero-order valence-corrected chi connectivity index (χ0v) is 11.8. The molecule has 1 aromatic rings. The summed E-state index contributed by atoms with van der Waals surface area (Å²) in [6.07, 6.45) is 1.57. The van der Waals surface area contributed by atoms with Gasteiger partial charge in [-0.2, -0.15) is 0 Å². The van der Waals surface area contributed by atoms with Gasteiger partial charge in [-0.15, -0.1) is 0 Å². The van der Waals surface area contributed by atoms with Crippen LogP contribution in [-0.4, -0.2) is 35.4 Å². The van der Waals surface area contributed by atoms with Crippen LogP contribution in [0.5, 0.6) is 0 Å². The van der Waals surface area contributed by atoms with Gasteiger partial charge in [0.15, 0.2) is 0 Å². The summed E-state index contributed by atoms with van der Waals surface area (Å²) < 4.78 is 13.5. The maximum absolute atomic E-state index is 13.5. The average Bonchev–Trinajstić information content (AvgIpc) is 2.41. The standard InChI is InChI=1S/C14H21FN2O3/c1-3-9(4-2)17(7-8-18)11-6-5-10(15)13(16)12(11)14(19)20/h5-6,9,18H,3-4,7-8,16H2,1-2H3,(H,19,20). The maximum Gasteiger partial charge on any atom is 0.340 e. The van der Waals surface area contributed by atoms with E-state index in [1.165, 1.54) is 6.07 Å². The first kappa shape index (κ1) is 16.2. The van der Waals surface area contributed by atoms with Crippen LogP contribution in [0.3, 0.4) is 0 Å². The van der Waals surface area contributed by atoms with Crippen LogP contribution in [-0.2, 0) is 0 Å². The van der Waals surface area contributed by atoms with Gasteiger partial charge in [0, 0.05) is 12.6 Å². The van der Waals surface area contributed by atoms with Crippen LogP contribution in [0.25, 0.3) is 0 Å². The number of aliphatic hydroxyl groups is 1. The first-order valence-electron chi connectivity index (χ1n) is 6.66. The highest BCUT2D eigenvalue weighted by Crippen LogP contribution is 2.30. The summed E-state index contributed by atoms with van der Waals surface area (Å²) in [5, 5.41) is 18.5. The van der Waals surface area contributed by atoms with Crippen LogP contribution < -0.4 is 10.6 Å². The van der Waals surface area contributed by atoms with Crippen molar-refractivity contribution in [3.8, 4) is 0 Å². The van der Waals surface area contributed by atoms with E-state index >= 15 is 0 Å². The molecule has 0 heterocycles. The van der Waals surface area contributed by atoms with E-state index in [1.807, 2.05) is 13.8 Å². The number of rotatable bonds is 7. The molecule has 20 heavy (non-hydrogen) atoms. The lowest BCUT2D eigenvalue weighted by molar-refractivity contribution is 0.0698. The van der Waals surface area contributed by atoms with Crippen LogP contribution in [0.1, 0.15) is 37.0 Å². The number of hydrogen-bond donors (Lipinski definition) is 3. The average molecular weight is 284 g/mol. The Balaban J connectivity index is 3.39. The molecule has 0 aliphatic heterocycles. The number of hydrogen-bond acceptors (Lipinski definition) is 4. The fourth-order valence-electron chi connectivity index (χ4n) is 2.38. The first-order chi connectivity index (χ1) is 9.47. The number of carboxylic acid groups (broad SMARTS) is 1. The predicted molar refractivity (Wildman–Crippen MR) is 76.6 cm³/mol. The Morgan fingerprint density at radius 3 is 2.45 bits per heavy atom. The number of benzene rings is 1. The van der Waals surface area contributed by atoms with E-state index in [9.17, 15) is 19.4 Å². The van der Waals surface area contributed by atoms with Gasteiger partial charge in [-0.25, -0.2) is 9.18 Å². The molecule has 6 heteroatoms. The van der Waals surface area contributed by atoms with Crippen LogP contribution >= 0.6 is 0 Å². The van der Waals surface area contributed by atoms with Crippen molar-refractivity contribution in [3.05, 3.63) is 23.5 Å². The number of carboxylic acids is 1.